The molecule has 51 heavy (non-hydrogen) atoms. The van der Waals surface area contributed by atoms with E-state index in [0.29, 0.717) is 17.4 Å². The Hall–Kier alpha value is -4.50. The quantitative estimate of drug-likeness (QED) is 0.0919. The molecule has 0 N–H and O–H groups in total. The average molecular weight is 765 g/mol. The topological polar surface area (TPSA) is 44.9 Å². The van der Waals surface area contributed by atoms with Crippen LogP contribution in [-0.2, 0) is 46.1 Å². The van der Waals surface area contributed by atoms with Crippen LogP contribution in [0.5, 0.6) is 11.5 Å². The maximum absolute atomic E-state index is 6.66. The van der Waals surface area contributed by atoms with Gasteiger partial charge in [-0.3, -0.25) is 4.68 Å². The zero-order valence-electron chi connectivity index (χ0n) is 30.5. The zero-order chi connectivity index (χ0) is 34.8. The van der Waals surface area contributed by atoms with E-state index in [-0.39, 0.29) is 20.4 Å². The molecule has 0 aliphatic heterocycles. The molecule has 1 atom stereocenters. The Bertz CT molecular complexity index is 2280. The summed E-state index contributed by atoms with van der Waals surface area (Å²) in [6.45, 7) is 13.3. The average Bonchev–Trinajstić information content (AvgIpc) is 3.70. The van der Waals surface area contributed by atoms with Crippen LogP contribution in [0.25, 0.3) is 44.4 Å². The van der Waals surface area contributed by atoms with Crippen molar-refractivity contribution in [1.82, 2.24) is 19.3 Å². The number of aromatic nitrogens is 4. The van der Waals surface area contributed by atoms with Gasteiger partial charge in [-0.15, -0.1) is 35.7 Å². The van der Waals surface area contributed by atoms with Gasteiger partial charge in [0, 0.05) is 28.8 Å². The fourth-order valence-electron chi connectivity index (χ4n) is 6.99. The summed E-state index contributed by atoms with van der Waals surface area (Å²) in [6, 6.07) is 37.4. The summed E-state index contributed by atoms with van der Waals surface area (Å²) in [5.41, 5.74) is 11.5. The van der Waals surface area contributed by atoms with E-state index in [1.54, 1.807) is 0 Å². The van der Waals surface area contributed by atoms with Crippen molar-refractivity contribution < 1.29 is 25.2 Å². The summed E-state index contributed by atoms with van der Waals surface area (Å²) in [6.07, 6.45) is 7.67. The van der Waals surface area contributed by atoms with Crippen LogP contribution in [-0.4, -0.2) is 19.3 Å². The maximum atomic E-state index is 6.66. The molecular formula is C45H46N4OPd. The van der Waals surface area contributed by atoms with Crippen molar-refractivity contribution in [2.24, 2.45) is 0 Å². The Kier molecular flexibility index (Phi) is 11.3. The molecule has 0 bridgehead atoms. The first-order valence-corrected chi connectivity index (χ1v) is 18.3. The van der Waals surface area contributed by atoms with Gasteiger partial charge in [-0.1, -0.05) is 102 Å². The first-order chi connectivity index (χ1) is 24.5. The summed E-state index contributed by atoms with van der Waals surface area (Å²) in [7, 11) is 0. The van der Waals surface area contributed by atoms with E-state index in [2.05, 4.69) is 142 Å². The number of pyridine rings is 1. The first-order valence-electron chi connectivity index (χ1n) is 18.3. The smallest absolute Gasteiger partial charge is 0.509 e. The second-order valence-electron chi connectivity index (χ2n) is 13.2. The molecule has 6 heteroatoms. The van der Waals surface area contributed by atoms with Crippen LogP contribution < -0.4 is 4.74 Å². The number of fused-ring (bicyclic) bond motifs is 3. The standard InChI is InChI=1S/C45H46N4O.Pd/c1-7-14-40-44(34-19-17-31(9-3)18-20-34)45(30(6)8-2)49(47-40)35-25-33(11-5)26-37(28-35)50-36-21-22-39-38-15-12-13-16-41(38)48(42(39)29-36)43-27-32(10-4)23-24-46-43;/h12-13,15-27,30H,7-11,14H2,1-6H3;/q-2;+2. The minimum absolute atomic E-state index is 0. The van der Waals surface area contributed by atoms with Gasteiger partial charge in [0.2, 0.25) is 0 Å². The summed E-state index contributed by atoms with van der Waals surface area (Å²) < 4.78 is 11.0. The SMILES string of the molecule is CCCc1nn(-c2[c-]c(Oc3[c-]c4c(cc3)c3ccccc3n4-c3cc(CC)ccn3)cc(CC)c2)c(C(C)CC)c1-c1ccc(CC)cc1.[Pd+2]. The molecule has 0 fully saturated rings. The summed E-state index contributed by atoms with van der Waals surface area (Å²) in [5.74, 6) is 2.47. The Morgan fingerprint density at radius 3 is 2.24 bits per heavy atom. The number of aryl methyl sites for hydroxylation is 4. The van der Waals surface area contributed by atoms with Gasteiger partial charge in [-0.05, 0) is 77.6 Å². The molecule has 0 aliphatic carbocycles. The largest absolute Gasteiger partial charge is 2.00 e. The van der Waals surface area contributed by atoms with Gasteiger partial charge in [-0.25, -0.2) is 4.98 Å². The third kappa shape index (κ3) is 7.05. The van der Waals surface area contributed by atoms with Gasteiger partial charge in [0.1, 0.15) is 5.82 Å². The Morgan fingerprint density at radius 2 is 1.51 bits per heavy atom. The van der Waals surface area contributed by atoms with E-state index < -0.39 is 0 Å². The van der Waals surface area contributed by atoms with E-state index in [1.165, 1.54) is 33.5 Å². The van der Waals surface area contributed by atoms with Gasteiger partial charge in [0.15, 0.2) is 0 Å². The van der Waals surface area contributed by atoms with Crippen molar-refractivity contribution in [3.05, 3.63) is 131 Å². The van der Waals surface area contributed by atoms with Crippen LogP contribution in [0.3, 0.4) is 0 Å². The molecule has 0 saturated carbocycles. The van der Waals surface area contributed by atoms with Crippen LogP contribution in [0.2, 0.25) is 0 Å². The first kappa shape index (κ1) is 36.3. The van der Waals surface area contributed by atoms with Gasteiger partial charge in [0.05, 0.1) is 11.4 Å². The third-order valence-electron chi connectivity index (χ3n) is 9.96. The third-order valence-corrected chi connectivity index (χ3v) is 9.96. The van der Waals surface area contributed by atoms with Crippen molar-refractivity contribution in [3.63, 3.8) is 0 Å². The molecule has 5 nitrogen and oxygen atoms in total. The molecule has 4 aromatic carbocycles. The molecule has 0 aliphatic rings. The number of para-hydroxylation sites is 1. The normalized spacial score (nSPS) is 12.0. The van der Waals surface area contributed by atoms with Crippen LogP contribution in [0.15, 0.2) is 91.1 Å². The van der Waals surface area contributed by atoms with Crippen molar-refractivity contribution in [2.75, 3.05) is 0 Å². The van der Waals surface area contributed by atoms with E-state index in [9.17, 15) is 0 Å². The van der Waals surface area contributed by atoms with Crippen molar-refractivity contribution in [1.29, 1.82) is 0 Å². The maximum Gasteiger partial charge on any atom is 2.00 e. The monoisotopic (exact) mass is 764 g/mol. The summed E-state index contributed by atoms with van der Waals surface area (Å²) in [4.78, 5) is 4.78. The molecule has 0 spiro atoms. The number of hydrogen-bond donors (Lipinski definition) is 0. The van der Waals surface area contributed by atoms with E-state index >= 15 is 0 Å². The van der Waals surface area contributed by atoms with Gasteiger partial charge >= 0.3 is 20.4 Å². The van der Waals surface area contributed by atoms with Crippen LogP contribution in [0.1, 0.15) is 88.4 Å². The molecule has 7 aromatic rings. The Balaban J connectivity index is 0.00000448. The van der Waals surface area contributed by atoms with Gasteiger partial charge < -0.3 is 9.30 Å². The van der Waals surface area contributed by atoms with Crippen LogP contribution >= 0.6 is 0 Å². The molecule has 3 aromatic heterocycles. The Morgan fingerprint density at radius 1 is 0.745 bits per heavy atom. The fraction of sp³-hybridized carbons (Fsp3) is 0.289. The number of rotatable bonds is 12. The van der Waals surface area contributed by atoms with Crippen molar-refractivity contribution in [3.8, 4) is 34.1 Å². The number of hydrogen-bond acceptors (Lipinski definition) is 3. The van der Waals surface area contributed by atoms with Crippen molar-refractivity contribution >= 4 is 21.8 Å². The molecule has 3 heterocycles. The summed E-state index contributed by atoms with van der Waals surface area (Å²) >= 11 is 0. The van der Waals surface area contributed by atoms with E-state index in [1.807, 2.05) is 12.3 Å². The molecule has 0 amide bonds. The van der Waals surface area contributed by atoms with Crippen LogP contribution in [0.4, 0.5) is 0 Å². The molecule has 0 saturated heterocycles. The van der Waals surface area contributed by atoms with Crippen LogP contribution in [0, 0.1) is 12.1 Å². The van der Waals surface area contributed by atoms with Gasteiger partial charge in [-0.2, -0.15) is 16.7 Å². The zero-order valence-corrected chi connectivity index (χ0v) is 32.0. The summed E-state index contributed by atoms with van der Waals surface area (Å²) in [5, 5.41) is 7.59. The predicted octanol–water partition coefficient (Wildman–Crippen LogP) is 11.6. The fourth-order valence-corrected chi connectivity index (χ4v) is 6.99. The Labute approximate surface area is 316 Å². The molecule has 7 rings (SSSR count). The number of ether oxygens (including phenoxy) is 1. The second kappa shape index (κ2) is 15.8. The molecular weight excluding hydrogens is 719 g/mol. The number of nitrogens with zero attached hydrogens (tertiary/aromatic N) is 4. The number of benzene rings is 4. The van der Waals surface area contributed by atoms with Gasteiger partial charge in [0.25, 0.3) is 0 Å². The van der Waals surface area contributed by atoms with E-state index in [0.717, 1.165) is 77.5 Å². The predicted molar refractivity (Wildman–Crippen MR) is 206 cm³/mol. The molecule has 0 radical (unpaired) electrons. The second-order valence-corrected chi connectivity index (χ2v) is 13.2. The molecule has 1 unspecified atom stereocenters. The van der Waals surface area contributed by atoms with Crippen molar-refractivity contribution in [2.45, 2.75) is 86.0 Å². The van der Waals surface area contributed by atoms with E-state index in [4.69, 9.17) is 14.8 Å². The minimum atomic E-state index is 0. The minimum Gasteiger partial charge on any atom is -0.509 e. The molecule has 262 valence electrons.